The van der Waals surface area contributed by atoms with Crippen molar-refractivity contribution in [2.75, 3.05) is 39.3 Å². The Labute approximate surface area is 174 Å². The number of amides is 2. The predicted octanol–water partition coefficient (Wildman–Crippen LogP) is 2.08. The molecule has 0 saturated carbocycles. The van der Waals surface area contributed by atoms with Crippen molar-refractivity contribution in [2.45, 2.75) is 51.1 Å². The van der Waals surface area contributed by atoms with Gasteiger partial charge in [-0.15, -0.1) is 0 Å². The standard InChI is InChI=1S/C23H34N4O2/c24-16-18-5-7-19(8-6-18)22(28)26-14-9-21(10-15-26)27-13-3-4-20(17-27)23(29)25-11-1-2-12-25/h5-8,20-21H,1-4,9-17,24H2/t20-/m0/s1. The average molecular weight is 399 g/mol. The van der Waals surface area contributed by atoms with Crippen LogP contribution in [0.25, 0.3) is 0 Å². The van der Waals surface area contributed by atoms with Gasteiger partial charge in [-0.1, -0.05) is 12.1 Å². The van der Waals surface area contributed by atoms with Gasteiger partial charge in [0.15, 0.2) is 0 Å². The molecule has 0 spiro atoms. The lowest BCUT2D eigenvalue weighted by atomic mass is 9.92. The van der Waals surface area contributed by atoms with Crippen molar-refractivity contribution in [3.63, 3.8) is 0 Å². The molecule has 29 heavy (non-hydrogen) atoms. The van der Waals surface area contributed by atoms with Crippen LogP contribution < -0.4 is 5.73 Å². The van der Waals surface area contributed by atoms with Crippen molar-refractivity contribution < 1.29 is 9.59 Å². The molecule has 0 aliphatic carbocycles. The first kappa shape index (κ1) is 20.4. The van der Waals surface area contributed by atoms with E-state index in [9.17, 15) is 9.59 Å². The molecule has 1 aromatic carbocycles. The summed E-state index contributed by atoms with van der Waals surface area (Å²) in [5.41, 5.74) is 7.44. The second-order valence-electron chi connectivity index (χ2n) is 8.79. The zero-order valence-corrected chi connectivity index (χ0v) is 17.4. The van der Waals surface area contributed by atoms with Gasteiger partial charge in [0, 0.05) is 50.9 Å². The van der Waals surface area contributed by atoms with Crippen LogP contribution in [0.15, 0.2) is 24.3 Å². The van der Waals surface area contributed by atoms with Crippen LogP contribution in [0.5, 0.6) is 0 Å². The number of rotatable bonds is 4. The van der Waals surface area contributed by atoms with Crippen LogP contribution in [0, 0.1) is 5.92 Å². The van der Waals surface area contributed by atoms with E-state index in [-0.39, 0.29) is 11.8 Å². The van der Waals surface area contributed by atoms with Crippen molar-refractivity contribution in [1.82, 2.24) is 14.7 Å². The summed E-state index contributed by atoms with van der Waals surface area (Å²) in [5, 5.41) is 0. The van der Waals surface area contributed by atoms with Gasteiger partial charge in [0.1, 0.15) is 0 Å². The normalized spacial score (nSPS) is 24.1. The molecular weight excluding hydrogens is 364 g/mol. The second kappa shape index (κ2) is 9.26. The smallest absolute Gasteiger partial charge is 0.253 e. The molecular formula is C23H34N4O2. The van der Waals surface area contributed by atoms with E-state index in [4.69, 9.17) is 5.73 Å². The summed E-state index contributed by atoms with van der Waals surface area (Å²) >= 11 is 0. The lowest BCUT2D eigenvalue weighted by Gasteiger charge is -2.42. The van der Waals surface area contributed by atoms with Crippen LogP contribution in [0.1, 0.15) is 54.4 Å². The van der Waals surface area contributed by atoms with E-state index in [1.54, 1.807) is 0 Å². The number of carbonyl (C=O) groups is 2. The molecule has 4 rings (SSSR count). The third-order valence-corrected chi connectivity index (χ3v) is 6.92. The Morgan fingerprint density at radius 1 is 0.862 bits per heavy atom. The Balaban J connectivity index is 1.29. The quantitative estimate of drug-likeness (QED) is 0.843. The summed E-state index contributed by atoms with van der Waals surface area (Å²) in [6.07, 6.45) is 6.45. The molecule has 3 heterocycles. The van der Waals surface area contributed by atoms with E-state index >= 15 is 0 Å². The fourth-order valence-corrected chi connectivity index (χ4v) is 5.14. The number of nitrogens with zero attached hydrogens (tertiary/aromatic N) is 3. The highest BCUT2D eigenvalue weighted by atomic mass is 16.2. The topological polar surface area (TPSA) is 69.9 Å². The zero-order chi connectivity index (χ0) is 20.2. The van der Waals surface area contributed by atoms with Crippen molar-refractivity contribution in [1.29, 1.82) is 0 Å². The SMILES string of the molecule is NCc1ccc(C(=O)N2CCC(N3CCC[C@H](C(=O)N4CCCC4)C3)CC2)cc1. The minimum atomic E-state index is 0.118. The summed E-state index contributed by atoms with van der Waals surface area (Å²) in [7, 11) is 0. The van der Waals surface area contributed by atoms with Gasteiger partial charge in [-0.25, -0.2) is 0 Å². The van der Waals surface area contributed by atoms with Gasteiger partial charge in [0.05, 0.1) is 5.92 Å². The molecule has 0 radical (unpaired) electrons. The van der Waals surface area contributed by atoms with Crippen molar-refractivity contribution >= 4 is 11.8 Å². The molecule has 2 amide bonds. The van der Waals surface area contributed by atoms with E-state index in [1.165, 1.54) is 0 Å². The first-order valence-electron chi connectivity index (χ1n) is 11.3. The van der Waals surface area contributed by atoms with Crippen LogP contribution in [-0.4, -0.2) is 71.8 Å². The largest absolute Gasteiger partial charge is 0.342 e. The summed E-state index contributed by atoms with van der Waals surface area (Å²) in [6.45, 7) is 5.96. The Hall–Kier alpha value is -1.92. The first-order valence-corrected chi connectivity index (χ1v) is 11.3. The lowest BCUT2D eigenvalue weighted by molar-refractivity contribution is -0.136. The molecule has 1 aromatic rings. The van der Waals surface area contributed by atoms with Gasteiger partial charge in [-0.3, -0.25) is 14.5 Å². The fourth-order valence-electron chi connectivity index (χ4n) is 5.14. The molecule has 3 aliphatic rings. The maximum Gasteiger partial charge on any atom is 0.253 e. The Morgan fingerprint density at radius 2 is 1.55 bits per heavy atom. The van der Waals surface area contributed by atoms with Crippen LogP contribution in [-0.2, 0) is 11.3 Å². The number of piperidine rings is 2. The molecule has 1 atom stereocenters. The predicted molar refractivity (Wildman–Crippen MR) is 113 cm³/mol. The van der Waals surface area contributed by atoms with Gasteiger partial charge in [0.2, 0.25) is 5.91 Å². The van der Waals surface area contributed by atoms with Crippen molar-refractivity contribution in [2.24, 2.45) is 11.7 Å². The van der Waals surface area contributed by atoms with Gasteiger partial charge in [0.25, 0.3) is 5.91 Å². The highest BCUT2D eigenvalue weighted by molar-refractivity contribution is 5.94. The molecule has 0 unspecified atom stereocenters. The number of likely N-dealkylation sites (tertiary alicyclic amines) is 3. The maximum absolute atomic E-state index is 12.8. The highest BCUT2D eigenvalue weighted by Gasteiger charge is 2.34. The summed E-state index contributed by atoms with van der Waals surface area (Å²) in [4.78, 5) is 32.2. The molecule has 0 aromatic heterocycles. The Kier molecular flexibility index (Phi) is 6.50. The highest BCUT2D eigenvalue weighted by Crippen LogP contribution is 2.26. The van der Waals surface area contributed by atoms with Crippen LogP contribution in [0.2, 0.25) is 0 Å². The lowest BCUT2D eigenvalue weighted by Crippen LogP contribution is -2.51. The first-order chi connectivity index (χ1) is 14.2. The summed E-state index contributed by atoms with van der Waals surface area (Å²) < 4.78 is 0. The molecule has 6 nitrogen and oxygen atoms in total. The van der Waals surface area contributed by atoms with Crippen LogP contribution >= 0.6 is 0 Å². The van der Waals surface area contributed by atoms with Gasteiger partial charge >= 0.3 is 0 Å². The number of benzene rings is 1. The molecule has 3 aliphatic heterocycles. The molecule has 6 heteroatoms. The molecule has 0 bridgehead atoms. The zero-order valence-electron chi connectivity index (χ0n) is 17.4. The molecule has 158 valence electrons. The van der Waals surface area contributed by atoms with Crippen LogP contribution in [0.3, 0.4) is 0 Å². The average Bonchev–Trinajstić information content (AvgIpc) is 3.33. The maximum atomic E-state index is 12.8. The fraction of sp³-hybridized carbons (Fsp3) is 0.652. The number of hydrogen-bond acceptors (Lipinski definition) is 4. The number of nitrogens with two attached hydrogens (primary N) is 1. The number of hydrogen-bond donors (Lipinski definition) is 1. The monoisotopic (exact) mass is 398 g/mol. The van der Waals surface area contributed by atoms with E-state index in [0.29, 0.717) is 18.5 Å². The third-order valence-electron chi connectivity index (χ3n) is 6.92. The summed E-state index contributed by atoms with van der Waals surface area (Å²) in [6, 6.07) is 8.13. The Bertz CT molecular complexity index is 706. The Morgan fingerprint density at radius 3 is 2.21 bits per heavy atom. The third kappa shape index (κ3) is 4.64. The minimum Gasteiger partial charge on any atom is -0.342 e. The van der Waals surface area contributed by atoms with Crippen molar-refractivity contribution in [3.8, 4) is 0 Å². The second-order valence-corrected chi connectivity index (χ2v) is 8.79. The van der Waals surface area contributed by atoms with E-state index in [1.807, 2.05) is 29.2 Å². The molecule has 3 fully saturated rings. The van der Waals surface area contributed by atoms with Crippen LogP contribution in [0.4, 0.5) is 0 Å². The van der Waals surface area contributed by atoms with E-state index in [0.717, 1.165) is 88.9 Å². The molecule has 3 saturated heterocycles. The molecule has 2 N–H and O–H groups in total. The van der Waals surface area contributed by atoms with E-state index < -0.39 is 0 Å². The van der Waals surface area contributed by atoms with Gasteiger partial charge in [-0.2, -0.15) is 0 Å². The minimum absolute atomic E-state index is 0.118. The summed E-state index contributed by atoms with van der Waals surface area (Å²) in [5.74, 6) is 0.663. The van der Waals surface area contributed by atoms with E-state index in [2.05, 4.69) is 9.80 Å². The van der Waals surface area contributed by atoms with Crippen molar-refractivity contribution in [3.05, 3.63) is 35.4 Å². The van der Waals surface area contributed by atoms with Gasteiger partial charge < -0.3 is 15.5 Å². The van der Waals surface area contributed by atoms with Gasteiger partial charge in [-0.05, 0) is 62.8 Å². The number of carbonyl (C=O) groups excluding carboxylic acids is 2.